The van der Waals surface area contributed by atoms with Gasteiger partial charge >= 0.3 is 0 Å². The molecule has 1 aromatic heterocycles. The zero-order chi connectivity index (χ0) is 25.2. The Morgan fingerprint density at radius 3 is 1.92 bits per heavy atom. The summed E-state index contributed by atoms with van der Waals surface area (Å²) in [7, 11) is 0. The maximum atomic E-state index is 13.4. The fourth-order valence-electron chi connectivity index (χ4n) is 4.70. The zero-order valence-corrected chi connectivity index (χ0v) is 21.0. The molecule has 0 spiro atoms. The van der Waals surface area contributed by atoms with Gasteiger partial charge in [0.2, 0.25) is 0 Å². The predicted molar refractivity (Wildman–Crippen MR) is 148 cm³/mol. The molecule has 4 nitrogen and oxygen atoms in total. The number of rotatable bonds is 5. The van der Waals surface area contributed by atoms with E-state index in [1.54, 1.807) is 0 Å². The first-order valence-corrected chi connectivity index (χ1v) is 12.1. The van der Waals surface area contributed by atoms with E-state index in [0.717, 1.165) is 44.9 Å². The number of nitrogens with one attached hydrogen (secondary N) is 1. The van der Waals surface area contributed by atoms with E-state index in [4.69, 9.17) is 5.10 Å². The van der Waals surface area contributed by atoms with Crippen LogP contribution in [0.5, 0.6) is 0 Å². The van der Waals surface area contributed by atoms with Gasteiger partial charge in [-0.3, -0.25) is 4.79 Å². The minimum absolute atomic E-state index is 0.223. The Morgan fingerprint density at radius 1 is 0.667 bits per heavy atom. The Hall–Kier alpha value is -4.44. The molecule has 5 aromatic rings. The highest BCUT2D eigenvalue weighted by molar-refractivity contribution is 6.04. The standard InChI is InChI=1S/C32H29N3O/c1-21-18-23(3)31(24(4)19-21)33-32(36)28-20-30(35(34-28)29-13-9-8-10-22(29)2)27-16-14-26(15-17-27)25-11-6-5-7-12-25/h5-20H,1-4H3,(H,33,36). The van der Waals surface area contributed by atoms with Crippen molar-refractivity contribution in [3.8, 4) is 28.1 Å². The van der Waals surface area contributed by atoms with Gasteiger partial charge in [-0.2, -0.15) is 5.10 Å². The van der Waals surface area contributed by atoms with E-state index in [-0.39, 0.29) is 5.91 Å². The first kappa shape index (κ1) is 23.3. The summed E-state index contributed by atoms with van der Waals surface area (Å²) in [6, 6.07) is 32.8. The van der Waals surface area contributed by atoms with Crippen molar-refractivity contribution < 1.29 is 4.79 Å². The number of carbonyl (C=O) groups excluding carboxylic acids is 1. The Balaban J connectivity index is 1.56. The van der Waals surface area contributed by atoms with Crippen LogP contribution in [0.15, 0.2) is 97.1 Å². The van der Waals surface area contributed by atoms with Gasteiger partial charge in [0.05, 0.1) is 11.4 Å². The molecule has 0 radical (unpaired) electrons. The van der Waals surface area contributed by atoms with E-state index >= 15 is 0 Å². The van der Waals surface area contributed by atoms with Gasteiger partial charge in [0.25, 0.3) is 5.91 Å². The lowest BCUT2D eigenvalue weighted by molar-refractivity contribution is 0.102. The second-order valence-corrected chi connectivity index (χ2v) is 9.28. The Morgan fingerprint density at radius 2 is 1.25 bits per heavy atom. The van der Waals surface area contributed by atoms with Crippen LogP contribution in [0.4, 0.5) is 5.69 Å². The molecular formula is C32H29N3O. The highest BCUT2D eigenvalue weighted by Crippen LogP contribution is 2.29. The highest BCUT2D eigenvalue weighted by Gasteiger charge is 2.19. The van der Waals surface area contributed by atoms with Crippen LogP contribution in [-0.4, -0.2) is 15.7 Å². The molecule has 0 saturated heterocycles. The molecule has 36 heavy (non-hydrogen) atoms. The van der Waals surface area contributed by atoms with Crippen LogP contribution in [0.25, 0.3) is 28.1 Å². The zero-order valence-electron chi connectivity index (χ0n) is 21.0. The van der Waals surface area contributed by atoms with Crippen LogP contribution in [0.1, 0.15) is 32.7 Å². The molecule has 1 amide bonds. The van der Waals surface area contributed by atoms with Gasteiger partial charge in [-0.15, -0.1) is 0 Å². The second kappa shape index (κ2) is 9.67. The fraction of sp³-hybridized carbons (Fsp3) is 0.125. The van der Waals surface area contributed by atoms with Crippen molar-refractivity contribution in [3.63, 3.8) is 0 Å². The van der Waals surface area contributed by atoms with Crippen molar-refractivity contribution in [2.24, 2.45) is 0 Å². The molecular weight excluding hydrogens is 442 g/mol. The van der Waals surface area contributed by atoms with E-state index in [2.05, 4.69) is 73.8 Å². The molecule has 0 aliphatic rings. The van der Waals surface area contributed by atoms with Crippen LogP contribution in [0.3, 0.4) is 0 Å². The number of hydrogen-bond donors (Lipinski definition) is 1. The molecule has 1 heterocycles. The van der Waals surface area contributed by atoms with Crippen LogP contribution >= 0.6 is 0 Å². The summed E-state index contributed by atoms with van der Waals surface area (Å²) >= 11 is 0. The molecule has 4 heteroatoms. The van der Waals surface area contributed by atoms with E-state index in [0.29, 0.717) is 5.69 Å². The normalized spacial score (nSPS) is 10.9. The molecule has 0 atom stereocenters. The lowest BCUT2D eigenvalue weighted by atomic mass is 10.0. The summed E-state index contributed by atoms with van der Waals surface area (Å²) in [5.74, 6) is -0.223. The lowest BCUT2D eigenvalue weighted by Gasteiger charge is -2.12. The maximum Gasteiger partial charge on any atom is 0.276 e. The molecule has 178 valence electrons. The number of nitrogens with zero attached hydrogens (tertiary/aromatic N) is 2. The first-order valence-electron chi connectivity index (χ1n) is 12.1. The van der Waals surface area contributed by atoms with Crippen LogP contribution < -0.4 is 5.32 Å². The number of aromatic nitrogens is 2. The van der Waals surface area contributed by atoms with Gasteiger partial charge in [-0.1, -0.05) is 90.5 Å². The maximum absolute atomic E-state index is 13.4. The quantitative estimate of drug-likeness (QED) is 0.286. The number of carbonyl (C=O) groups is 1. The number of hydrogen-bond acceptors (Lipinski definition) is 2. The predicted octanol–water partition coefficient (Wildman–Crippen LogP) is 7.69. The Kier molecular flexibility index (Phi) is 6.26. The van der Waals surface area contributed by atoms with Gasteiger partial charge in [-0.05, 0) is 67.6 Å². The Labute approximate surface area is 212 Å². The number of anilines is 1. The highest BCUT2D eigenvalue weighted by atomic mass is 16.2. The van der Waals surface area contributed by atoms with Gasteiger partial charge in [0.15, 0.2) is 5.69 Å². The Bertz CT molecular complexity index is 1520. The molecule has 1 N–H and O–H groups in total. The van der Waals surface area contributed by atoms with E-state index in [1.807, 2.05) is 61.0 Å². The van der Waals surface area contributed by atoms with E-state index in [1.165, 1.54) is 11.1 Å². The molecule has 0 aliphatic heterocycles. The molecule has 0 aliphatic carbocycles. The topological polar surface area (TPSA) is 46.9 Å². The minimum Gasteiger partial charge on any atom is -0.320 e. The second-order valence-electron chi connectivity index (χ2n) is 9.28. The SMILES string of the molecule is Cc1cc(C)c(NC(=O)c2cc(-c3ccc(-c4ccccc4)cc3)n(-c3ccccc3C)n2)c(C)c1. The summed E-state index contributed by atoms with van der Waals surface area (Å²) in [4.78, 5) is 13.4. The molecule has 0 bridgehead atoms. The number of benzene rings is 4. The van der Waals surface area contributed by atoms with E-state index < -0.39 is 0 Å². The lowest BCUT2D eigenvalue weighted by Crippen LogP contribution is -2.15. The van der Waals surface area contributed by atoms with Crippen molar-refractivity contribution in [1.82, 2.24) is 9.78 Å². The summed E-state index contributed by atoms with van der Waals surface area (Å²) in [6.45, 7) is 8.14. The van der Waals surface area contributed by atoms with Gasteiger partial charge < -0.3 is 5.32 Å². The molecule has 0 fully saturated rings. The monoisotopic (exact) mass is 471 g/mol. The molecule has 4 aromatic carbocycles. The van der Waals surface area contributed by atoms with Crippen molar-refractivity contribution in [3.05, 3.63) is 125 Å². The van der Waals surface area contributed by atoms with Gasteiger partial charge in [0, 0.05) is 11.3 Å². The fourth-order valence-corrected chi connectivity index (χ4v) is 4.70. The minimum atomic E-state index is -0.223. The summed E-state index contributed by atoms with van der Waals surface area (Å²) in [6.07, 6.45) is 0. The third kappa shape index (κ3) is 4.58. The summed E-state index contributed by atoms with van der Waals surface area (Å²) < 4.78 is 1.87. The van der Waals surface area contributed by atoms with Gasteiger partial charge in [0.1, 0.15) is 0 Å². The van der Waals surface area contributed by atoms with Crippen molar-refractivity contribution in [2.75, 3.05) is 5.32 Å². The summed E-state index contributed by atoms with van der Waals surface area (Å²) in [5.41, 5.74) is 10.7. The third-order valence-electron chi connectivity index (χ3n) is 6.49. The van der Waals surface area contributed by atoms with E-state index in [9.17, 15) is 4.79 Å². The smallest absolute Gasteiger partial charge is 0.276 e. The average Bonchev–Trinajstić information content (AvgIpc) is 3.32. The largest absolute Gasteiger partial charge is 0.320 e. The molecule has 0 unspecified atom stereocenters. The third-order valence-corrected chi connectivity index (χ3v) is 6.49. The van der Waals surface area contributed by atoms with Crippen LogP contribution in [0, 0.1) is 27.7 Å². The van der Waals surface area contributed by atoms with Crippen LogP contribution in [0.2, 0.25) is 0 Å². The average molecular weight is 472 g/mol. The van der Waals surface area contributed by atoms with Crippen LogP contribution in [-0.2, 0) is 0 Å². The molecule has 0 saturated carbocycles. The number of para-hydroxylation sites is 1. The van der Waals surface area contributed by atoms with Crippen molar-refractivity contribution in [1.29, 1.82) is 0 Å². The molecule has 5 rings (SSSR count). The van der Waals surface area contributed by atoms with Crippen molar-refractivity contribution in [2.45, 2.75) is 27.7 Å². The van der Waals surface area contributed by atoms with Gasteiger partial charge in [-0.25, -0.2) is 4.68 Å². The summed E-state index contributed by atoms with van der Waals surface area (Å²) in [5, 5.41) is 7.87. The number of aryl methyl sites for hydroxylation is 4. The first-order chi connectivity index (χ1) is 17.4. The van der Waals surface area contributed by atoms with Crippen molar-refractivity contribution >= 4 is 11.6 Å². The number of amides is 1.